The lowest BCUT2D eigenvalue weighted by Gasteiger charge is -2.18. The molecule has 0 aliphatic carbocycles. The van der Waals surface area contributed by atoms with E-state index < -0.39 is 5.97 Å². The minimum Gasteiger partial charge on any atom is -0.481 e. The summed E-state index contributed by atoms with van der Waals surface area (Å²) in [7, 11) is 0. The molecule has 0 saturated carbocycles. The minimum atomic E-state index is -0.673. The maximum atomic E-state index is 12.7. The van der Waals surface area contributed by atoms with Crippen molar-refractivity contribution in [2.45, 2.75) is 245 Å². The van der Waals surface area contributed by atoms with Crippen molar-refractivity contribution in [2.75, 3.05) is 0 Å². The number of allylic oxidation sites excluding steroid dienone is 2. The lowest BCUT2D eigenvalue weighted by Crippen LogP contribution is -2.18. The van der Waals surface area contributed by atoms with Gasteiger partial charge in [-0.25, -0.2) is 0 Å². The average Bonchev–Trinajstić information content (AvgIpc) is 3.04. The summed E-state index contributed by atoms with van der Waals surface area (Å²) in [6.07, 6.45) is 46.8. The number of hydrogen-bond donors (Lipinski definition) is 1. The maximum absolute atomic E-state index is 12.7. The summed E-state index contributed by atoms with van der Waals surface area (Å²) in [6, 6.07) is 0. The maximum Gasteiger partial charge on any atom is 0.306 e. The van der Waals surface area contributed by atoms with E-state index in [1.54, 1.807) is 0 Å². The topological polar surface area (TPSA) is 63.6 Å². The van der Waals surface area contributed by atoms with Gasteiger partial charge in [0.25, 0.3) is 0 Å². The van der Waals surface area contributed by atoms with Crippen LogP contribution in [-0.4, -0.2) is 23.1 Å². The molecule has 0 aromatic rings. The van der Waals surface area contributed by atoms with E-state index in [1.807, 2.05) is 0 Å². The molecule has 0 aliphatic heterocycles. The Morgan fingerprint density at radius 3 is 1.17 bits per heavy atom. The Bertz CT molecular complexity index is 658. The highest BCUT2D eigenvalue weighted by Gasteiger charge is 2.14. The first-order chi connectivity index (χ1) is 22.6. The first-order valence-corrected chi connectivity index (χ1v) is 20.7. The van der Waals surface area contributed by atoms with Crippen LogP contribution < -0.4 is 0 Å². The van der Waals surface area contributed by atoms with Crippen LogP contribution in [0.2, 0.25) is 0 Å². The van der Waals surface area contributed by atoms with Gasteiger partial charge in [0.2, 0.25) is 0 Å². The van der Waals surface area contributed by atoms with Crippen LogP contribution in [0, 0.1) is 0 Å². The van der Waals surface area contributed by atoms with Gasteiger partial charge in [-0.3, -0.25) is 9.59 Å². The van der Waals surface area contributed by atoms with Gasteiger partial charge in [-0.2, -0.15) is 0 Å². The van der Waals surface area contributed by atoms with Crippen molar-refractivity contribution in [1.29, 1.82) is 0 Å². The summed E-state index contributed by atoms with van der Waals surface area (Å²) in [6.45, 7) is 4.54. The fourth-order valence-electron chi connectivity index (χ4n) is 6.42. The third-order valence-corrected chi connectivity index (χ3v) is 9.49. The van der Waals surface area contributed by atoms with Crippen LogP contribution in [0.5, 0.6) is 0 Å². The van der Waals surface area contributed by atoms with Gasteiger partial charge in [0.1, 0.15) is 6.10 Å². The number of hydrogen-bond acceptors (Lipinski definition) is 3. The SMILES string of the molecule is CCCCCCCC/C=C\CCCCCCCCCC(=O)OC(CCCCCCCC)CCCCCCCCCCCCC(=O)O. The van der Waals surface area contributed by atoms with Gasteiger partial charge in [-0.1, -0.05) is 174 Å². The number of aliphatic carboxylic acids is 1. The molecule has 1 N–H and O–H groups in total. The predicted molar refractivity (Wildman–Crippen MR) is 200 cm³/mol. The summed E-state index contributed by atoms with van der Waals surface area (Å²) in [5, 5.41) is 8.71. The second kappa shape index (κ2) is 38.1. The molecule has 4 nitrogen and oxygen atoms in total. The molecule has 272 valence electrons. The third kappa shape index (κ3) is 37.1. The summed E-state index contributed by atoms with van der Waals surface area (Å²) in [5.74, 6) is -0.639. The lowest BCUT2D eigenvalue weighted by molar-refractivity contribution is -0.150. The van der Waals surface area contributed by atoms with Gasteiger partial charge in [0, 0.05) is 12.8 Å². The highest BCUT2D eigenvalue weighted by atomic mass is 16.5. The zero-order chi connectivity index (χ0) is 33.6. The van der Waals surface area contributed by atoms with Crippen LogP contribution in [-0.2, 0) is 14.3 Å². The van der Waals surface area contributed by atoms with Crippen molar-refractivity contribution < 1.29 is 19.4 Å². The van der Waals surface area contributed by atoms with Gasteiger partial charge in [-0.05, 0) is 64.2 Å². The van der Waals surface area contributed by atoms with Crippen LogP contribution >= 0.6 is 0 Å². The molecule has 0 aliphatic rings. The fraction of sp³-hybridized carbons (Fsp3) is 0.905. The Hall–Kier alpha value is -1.32. The number of unbranched alkanes of at least 4 members (excludes halogenated alkanes) is 27. The van der Waals surface area contributed by atoms with E-state index in [-0.39, 0.29) is 12.1 Å². The van der Waals surface area contributed by atoms with Crippen LogP contribution in [0.15, 0.2) is 12.2 Å². The predicted octanol–water partition coefficient (Wildman–Crippen LogP) is 14.2. The Kier molecular flexibility index (Phi) is 37.0. The molecule has 4 heteroatoms. The molecule has 0 aromatic heterocycles. The molecular formula is C42H80O4. The van der Waals surface area contributed by atoms with E-state index in [0.717, 1.165) is 51.4 Å². The zero-order valence-electron chi connectivity index (χ0n) is 31.2. The number of carboxylic acid groups (broad SMARTS) is 1. The molecule has 1 unspecified atom stereocenters. The number of rotatable bonds is 38. The molecule has 0 spiro atoms. The number of carbonyl (C=O) groups is 2. The van der Waals surface area contributed by atoms with Crippen LogP contribution in [0.4, 0.5) is 0 Å². The quantitative estimate of drug-likeness (QED) is 0.0411. The van der Waals surface area contributed by atoms with Crippen LogP contribution in [0.1, 0.15) is 239 Å². The van der Waals surface area contributed by atoms with E-state index >= 15 is 0 Å². The zero-order valence-corrected chi connectivity index (χ0v) is 31.2. The molecule has 0 bridgehead atoms. The molecule has 0 amide bonds. The van der Waals surface area contributed by atoms with E-state index in [9.17, 15) is 9.59 Å². The molecule has 46 heavy (non-hydrogen) atoms. The molecule has 0 rings (SSSR count). The molecule has 0 heterocycles. The average molecular weight is 649 g/mol. The van der Waals surface area contributed by atoms with Crippen molar-refractivity contribution in [1.82, 2.24) is 0 Å². The molecular weight excluding hydrogens is 568 g/mol. The van der Waals surface area contributed by atoms with Gasteiger partial charge < -0.3 is 9.84 Å². The van der Waals surface area contributed by atoms with E-state index in [2.05, 4.69) is 26.0 Å². The largest absolute Gasteiger partial charge is 0.481 e. The second-order valence-corrected chi connectivity index (χ2v) is 14.2. The number of ether oxygens (including phenoxy) is 1. The van der Waals surface area contributed by atoms with Crippen molar-refractivity contribution in [3.05, 3.63) is 12.2 Å². The van der Waals surface area contributed by atoms with Crippen LogP contribution in [0.25, 0.3) is 0 Å². The molecule has 0 aromatic carbocycles. The van der Waals surface area contributed by atoms with Gasteiger partial charge in [-0.15, -0.1) is 0 Å². The van der Waals surface area contributed by atoms with E-state index in [0.29, 0.717) is 12.8 Å². The Morgan fingerprint density at radius 1 is 0.457 bits per heavy atom. The van der Waals surface area contributed by atoms with Crippen molar-refractivity contribution >= 4 is 11.9 Å². The first kappa shape index (κ1) is 44.7. The van der Waals surface area contributed by atoms with Crippen molar-refractivity contribution in [3.63, 3.8) is 0 Å². The molecule has 1 atom stereocenters. The molecule has 0 fully saturated rings. The minimum absolute atomic E-state index is 0.0343. The Balaban J connectivity index is 3.89. The smallest absolute Gasteiger partial charge is 0.306 e. The first-order valence-electron chi connectivity index (χ1n) is 20.7. The van der Waals surface area contributed by atoms with E-state index in [1.165, 1.54) is 161 Å². The monoisotopic (exact) mass is 649 g/mol. The molecule has 0 saturated heterocycles. The summed E-state index contributed by atoms with van der Waals surface area (Å²) < 4.78 is 6.03. The second-order valence-electron chi connectivity index (χ2n) is 14.2. The third-order valence-electron chi connectivity index (χ3n) is 9.49. The Morgan fingerprint density at radius 2 is 0.783 bits per heavy atom. The number of esters is 1. The molecule has 0 radical (unpaired) electrons. The highest BCUT2D eigenvalue weighted by molar-refractivity contribution is 5.69. The van der Waals surface area contributed by atoms with Gasteiger partial charge in [0.05, 0.1) is 0 Å². The van der Waals surface area contributed by atoms with Gasteiger partial charge in [0.15, 0.2) is 0 Å². The lowest BCUT2D eigenvalue weighted by atomic mass is 10.0. The highest BCUT2D eigenvalue weighted by Crippen LogP contribution is 2.19. The fourth-order valence-corrected chi connectivity index (χ4v) is 6.42. The normalized spacial score (nSPS) is 12.2. The van der Waals surface area contributed by atoms with Crippen molar-refractivity contribution in [2.24, 2.45) is 0 Å². The summed E-state index contributed by atoms with van der Waals surface area (Å²) in [5.41, 5.74) is 0. The Labute approximate surface area is 287 Å². The van der Waals surface area contributed by atoms with Crippen LogP contribution in [0.3, 0.4) is 0 Å². The van der Waals surface area contributed by atoms with Crippen molar-refractivity contribution in [3.8, 4) is 0 Å². The summed E-state index contributed by atoms with van der Waals surface area (Å²) >= 11 is 0. The number of carboxylic acids is 1. The summed E-state index contributed by atoms with van der Waals surface area (Å²) in [4.78, 5) is 23.2. The number of carbonyl (C=O) groups excluding carboxylic acids is 1. The van der Waals surface area contributed by atoms with E-state index in [4.69, 9.17) is 9.84 Å². The standard InChI is InChI=1S/C42H80O4/c1-3-5-7-9-11-12-13-14-15-16-17-18-19-24-27-31-35-39-42(45)46-40(36-32-28-10-8-6-4-2)37-33-29-25-22-20-21-23-26-30-34-38-41(43)44/h14-15,40H,3-13,16-39H2,1-2H3,(H,43,44)/b15-14-. The van der Waals surface area contributed by atoms with Gasteiger partial charge >= 0.3 is 11.9 Å².